The molecule has 4 heterocycles. The van der Waals surface area contributed by atoms with E-state index in [4.69, 9.17) is 18.9 Å². The molecule has 4 amide bonds. The van der Waals surface area contributed by atoms with Gasteiger partial charge >= 0.3 is 17.9 Å². The Morgan fingerprint density at radius 3 is 2.27 bits per heavy atom. The molecule has 3 aromatic rings. The minimum Gasteiger partial charge on any atom is -0.450 e. The number of carbonyl (C=O) groups excluding carboxylic acids is 7. The Bertz CT molecular complexity index is 2820. The Morgan fingerprint density at radius 2 is 1.61 bits per heavy atom. The number of sulfonamides is 2. The normalized spacial score (nSPS) is 17.2. The van der Waals surface area contributed by atoms with Crippen molar-refractivity contribution in [2.75, 3.05) is 64.8 Å². The lowest BCUT2D eigenvalue weighted by molar-refractivity contribution is -0.174. The summed E-state index contributed by atoms with van der Waals surface area (Å²) in [5.41, 5.74) is 3.92. The molecule has 0 radical (unpaired) electrons. The van der Waals surface area contributed by atoms with Crippen molar-refractivity contribution < 1.29 is 74.5 Å². The predicted molar refractivity (Wildman–Crippen MR) is 274 cm³/mol. The van der Waals surface area contributed by atoms with Crippen LogP contribution in [0, 0.1) is 13.8 Å². The molecule has 5 rings (SSSR count). The van der Waals surface area contributed by atoms with E-state index in [0.29, 0.717) is 40.4 Å². The molecule has 0 spiro atoms. The maximum Gasteiger partial charge on any atom is 0.347 e. The van der Waals surface area contributed by atoms with Crippen LogP contribution in [0.15, 0.2) is 32.7 Å². The molecule has 23 nitrogen and oxygen atoms in total. The molecule has 26 heteroatoms. The minimum absolute atomic E-state index is 0.0171. The number of aromatic nitrogens is 1. The molecule has 0 bridgehead atoms. The zero-order chi connectivity index (χ0) is 55.5. The minimum atomic E-state index is -4.80. The van der Waals surface area contributed by atoms with Crippen molar-refractivity contribution in [1.82, 2.24) is 29.1 Å². The molecule has 0 saturated carbocycles. The third kappa shape index (κ3) is 14.8. The van der Waals surface area contributed by atoms with Gasteiger partial charge in [0.05, 0.1) is 17.5 Å². The van der Waals surface area contributed by atoms with Gasteiger partial charge in [-0.1, -0.05) is 13.8 Å². The number of aliphatic hydroxyl groups excluding tert-OH is 1. The number of likely N-dealkylation sites (N-methyl/N-ethyl adjacent to an activating group) is 2. The Morgan fingerprint density at radius 1 is 0.933 bits per heavy atom. The number of aliphatic hydroxyl groups is 1. The van der Waals surface area contributed by atoms with E-state index in [0.717, 1.165) is 62.0 Å². The van der Waals surface area contributed by atoms with E-state index in [1.807, 2.05) is 13.8 Å². The number of hydrogen-bond acceptors (Lipinski definition) is 18. The van der Waals surface area contributed by atoms with Crippen molar-refractivity contribution >= 4 is 78.6 Å². The standard InChI is InChI=1S/C49H69N7O16S3/c1-10-54(11-2)22-20-50-46(62)43-28(4)38(51-29(43)5)25-35-34-24-33(18-19-37(34)52-45(35)61)72-41(59)17-14-13-16-40(58)56(12-3)39-27-55(21-15-23-69-9)75(67,68)49-36(39)26-42(73-49)74(65,66)53-44(60)31(7)70-48(64)32(8)71-47(63)30(6)57/h18-19,24,26,30-32,35,39,51,57H,10-17,20-23,25,27H2,1-9H3,(H,50,62)(H,52,61)(H,53,60)/t30-,31-,32-,35?,39-/m0/s1. The number of nitrogens with one attached hydrogen (secondary N) is 4. The molecule has 2 aromatic heterocycles. The maximum absolute atomic E-state index is 14.0. The fourth-order valence-corrected chi connectivity index (χ4v) is 13.7. The number of hydrogen-bond donors (Lipinski definition) is 5. The van der Waals surface area contributed by atoms with Crippen LogP contribution in [0.2, 0.25) is 0 Å². The van der Waals surface area contributed by atoms with Crippen molar-refractivity contribution in [3.05, 3.63) is 57.9 Å². The number of methoxy groups -OCH3 is 1. The van der Waals surface area contributed by atoms with E-state index in [9.17, 15) is 55.5 Å². The van der Waals surface area contributed by atoms with Crippen molar-refractivity contribution in [3.8, 4) is 5.75 Å². The van der Waals surface area contributed by atoms with Crippen molar-refractivity contribution in [2.45, 2.75) is 133 Å². The van der Waals surface area contributed by atoms with E-state index in [1.165, 1.54) is 12.0 Å². The molecule has 5 atom stereocenters. The summed E-state index contributed by atoms with van der Waals surface area (Å²) in [6, 6.07) is 5.00. The van der Waals surface area contributed by atoms with Gasteiger partial charge in [0.2, 0.25) is 11.8 Å². The first-order valence-corrected chi connectivity index (χ1v) is 28.5. The first-order chi connectivity index (χ1) is 35.4. The third-order valence-electron chi connectivity index (χ3n) is 12.9. The van der Waals surface area contributed by atoms with E-state index in [-0.39, 0.29) is 92.1 Å². The summed E-state index contributed by atoms with van der Waals surface area (Å²) in [7, 11) is -7.67. The van der Waals surface area contributed by atoms with Crippen LogP contribution >= 0.6 is 11.3 Å². The molecule has 414 valence electrons. The zero-order valence-electron chi connectivity index (χ0n) is 43.7. The highest BCUT2D eigenvalue weighted by Crippen LogP contribution is 2.43. The molecule has 2 aliphatic rings. The number of rotatable bonds is 27. The number of H-pyrrole nitrogens is 1. The van der Waals surface area contributed by atoms with E-state index in [2.05, 4.69) is 34.4 Å². The highest BCUT2D eigenvalue weighted by atomic mass is 32.3. The molecule has 75 heavy (non-hydrogen) atoms. The van der Waals surface area contributed by atoms with Gasteiger partial charge < -0.3 is 49.5 Å². The van der Waals surface area contributed by atoms with Crippen molar-refractivity contribution in [3.63, 3.8) is 0 Å². The lowest BCUT2D eigenvalue weighted by Crippen LogP contribution is -2.47. The summed E-state index contributed by atoms with van der Waals surface area (Å²) in [6.07, 6.45) is -3.95. The highest BCUT2D eigenvalue weighted by Gasteiger charge is 2.44. The molecule has 1 unspecified atom stereocenters. The Labute approximate surface area is 441 Å². The van der Waals surface area contributed by atoms with Gasteiger partial charge in [-0.15, -0.1) is 11.3 Å². The Kier molecular flexibility index (Phi) is 21.1. The zero-order valence-corrected chi connectivity index (χ0v) is 46.2. The number of nitrogens with zero attached hydrogens (tertiary/aromatic N) is 3. The number of aromatic amines is 1. The van der Waals surface area contributed by atoms with Gasteiger partial charge in [0.25, 0.3) is 31.9 Å². The number of unbranched alkanes of at least 4 members (excludes halogenated alkanes) is 1. The molecule has 5 N–H and O–H groups in total. The van der Waals surface area contributed by atoms with Crippen LogP contribution in [-0.2, 0) is 69.4 Å². The number of amides is 4. The van der Waals surface area contributed by atoms with E-state index < -0.39 is 84.2 Å². The van der Waals surface area contributed by atoms with E-state index >= 15 is 0 Å². The number of carbonyl (C=O) groups is 7. The van der Waals surface area contributed by atoms with Gasteiger partial charge in [0.15, 0.2) is 12.2 Å². The average molecular weight is 1110 g/mol. The maximum atomic E-state index is 14.0. The fraction of sp³-hybridized carbons (Fsp3) is 0.571. The van der Waals surface area contributed by atoms with E-state index in [1.54, 1.807) is 29.8 Å². The monoisotopic (exact) mass is 1110 g/mol. The summed E-state index contributed by atoms with van der Waals surface area (Å²) < 4.78 is 77.8. The number of thiophene rings is 1. The van der Waals surface area contributed by atoms with Gasteiger partial charge in [0, 0.05) is 88.3 Å². The van der Waals surface area contributed by atoms with Gasteiger partial charge in [-0.25, -0.2) is 31.1 Å². The van der Waals surface area contributed by atoms with Crippen molar-refractivity contribution in [2.24, 2.45) is 0 Å². The quantitative estimate of drug-likeness (QED) is 0.0416. The highest BCUT2D eigenvalue weighted by molar-refractivity contribution is 7.94. The number of esters is 3. The SMILES string of the molecule is CCN(CC)CCNC(=O)c1c(C)[nH]c(CC2C(=O)Nc3ccc(OC(=O)CCCCC(=O)N(CC)[C@H]4CN(CCCOC)S(=O)(=O)c5sc(S(=O)(=O)NC(=O)[C@H](C)OC(=O)[C@H](C)OC(=O)[C@H](C)O)cc54)cc32)c1C. The molecule has 1 aromatic carbocycles. The van der Waals surface area contributed by atoms with Crippen LogP contribution in [0.4, 0.5) is 5.69 Å². The number of anilines is 1. The van der Waals surface area contributed by atoms with Crippen LogP contribution < -0.4 is 20.1 Å². The summed E-state index contributed by atoms with van der Waals surface area (Å²) >= 11 is 0.378. The Balaban J connectivity index is 1.22. The number of benzene rings is 1. The molecule has 2 aliphatic heterocycles. The molecular weight excluding hydrogens is 1040 g/mol. The third-order valence-corrected chi connectivity index (χ3v) is 18.3. The largest absolute Gasteiger partial charge is 0.450 e. The van der Waals surface area contributed by atoms with Gasteiger partial charge in [-0.2, -0.15) is 4.31 Å². The topological polar surface area (TPSA) is 307 Å². The fourth-order valence-electron chi connectivity index (χ4n) is 8.74. The predicted octanol–water partition coefficient (Wildman–Crippen LogP) is 3.19. The lowest BCUT2D eigenvalue weighted by Gasteiger charge is -2.38. The van der Waals surface area contributed by atoms with Gasteiger partial charge in [0.1, 0.15) is 20.3 Å². The van der Waals surface area contributed by atoms with Gasteiger partial charge in [-0.05, 0) is 109 Å². The summed E-state index contributed by atoms with van der Waals surface area (Å²) in [4.78, 5) is 97.6. The van der Waals surface area contributed by atoms with Crippen LogP contribution in [0.5, 0.6) is 5.75 Å². The molecule has 0 saturated heterocycles. The molecule has 0 fully saturated rings. The van der Waals surface area contributed by atoms with Crippen LogP contribution in [0.25, 0.3) is 0 Å². The van der Waals surface area contributed by atoms with Crippen LogP contribution in [0.1, 0.15) is 124 Å². The first kappa shape index (κ1) is 60.1. The van der Waals surface area contributed by atoms with Crippen LogP contribution in [0.3, 0.4) is 0 Å². The Hall–Kier alpha value is -5.77. The lowest BCUT2D eigenvalue weighted by atomic mass is 9.93. The number of aryl methyl sites for hydroxylation is 1. The second-order valence-electron chi connectivity index (χ2n) is 18.2. The second kappa shape index (κ2) is 26.3. The number of ether oxygens (including phenoxy) is 4. The summed E-state index contributed by atoms with van der Waals surface area (Å²) in [5, 5.41) is 15.2. The average Bonchev–Trinajstić information content (AvgIpc) is 4.03. The molecule has 0 aliphatic carbocycles. The number of fused-ring (bicyclic) bond motifs is 2. The smallest absolute Gasteiger partial charge is 0.347 e. The summed E-state index contributed by atoms with van der Waals surface area (Å²) in [5.74, 6) is -5.48. The van der Waals surface area contributed by atoms with Crippen molar-refractivity contribution in [1.29, 1.82) is 0 Å². The van der Waals surface area contributed by atoms with Gasteiger partial charge in [-0.3, -0.25) is 24.0 Å². The second-order valence-corrected chi connectivity index (χ2v) is 23.3. The molecular formula is C49H69N7O16S3. The first-order valence-electron chi connectivity index (χ1n) is 24.8. The summed E-state index contributed by atoms with van der Waals surface area (Å²) in [6.45, 7) is 15.8. The van der Waals surface area contributed by atoms with Crippen LogP contribution in [-0.4, -0.2) is 160 Å².